The first kappa shape index (κ1) is 21.2. The second kappa shape index (κ2) is 9.09. The molecule has 9 heteroatoms. The molecule has 6 rings (SSSR count). The van der Waals surface area contributed by atoms with Gasteiger partial charge in [-0.05, 0) is 53.1 Å². The molecule has 4 aromatic rings. The first-order valence-corrected chi connectivity index (χ1v) is 11.6. The predicted octanol–water partition coefficient (Wildman–Crippen LogP) is 4.07. The number of carbonyl (C=O) groups is 1. The molecule has 2 aliphatic heterocycles. The van der Waals surface area contributed by atoms with E-state index < -0.39 is 0 Å². The fourth-order valence-electron chi connectivity index (χ4n) is 4.61. The fraction of sp³-hybridized carbons (Fsp3) is 0.231. The third kappa shape index (κ3) is 4.05. The van der Waals surface area contributed by atoms with Crippen LogP contribution in [0.25, 0.3) is 23.2 Å². The lowest BCUT2D eigenvalue weighted by Gasteiger charge is -2.27. The van der Waals surface area contributed by atoms with Gasteiger partial charge >= 0.3 is 0 Å². The molecule has 0 N–H and O–H groups in total. The quantitative estimate of drug-likeness (QED) is 0.407. The van der Waals surface area contributed by atoms with Crippen molar-refractivity contribution in [2.75, 3.05) is 19.8 Å². The van der Waals surface area contributed by atoms with Gasteiger partial charge in [0.15, 0.2) is 17.3 Å². The number of benzene rings is 2. The van der Waals surface area contributed by atoms with Crippen LogP contribution in [0.2, 0.25) is 0 Å². The predicted molar refractivity (Wildman–Crippen MR) is 127 cm³/mol. The van der Waals surface area contributed by atoms with Crippen LogP contribution in [0, 0.1) is 0 Å². The normalized spacial score (nSPS) is 17.5. The van der Waals surface area contributed by atoms with Crippen molar-refractivity contribution in [3.8, 4) is 22.9 Å². The van der Waals surface area contributed by atoms with Crippen LogP contribution < -0.4 is 9.47 Å². The molecule has 176 valence electrons. The molecule has 0 saturated carbocycles. The molecule has 35 heavy (non-hydrogen) atoms. The minimum absolute atomic E-state index is 0.102. The number of ether oxygens (including phenoxy) is 2. The van der Waals surface area contributed by atoms with Crippen molar-refractivity contribution in [3.63, 3.8) is 0 Å². The largest absolute Gasteiger partial charge is 0.486 e. The summed E-state index contributed by atoms with van der Waals surface area (Å²) in [5, 5.41) is 12.3. The van der Waals surface area contributed by atoms with Gasteiger partial charge in [0.2, 0.25) is 0 Å². The van der Waals surface area contributed by atoms with Crippen molar-refractivity contribution in [2.24, 2.45) is 0 Å². The fourth-order valence-corrected chi connectivity index (χ4v) is 4.61. The number of fused-ring (bicyclic) bond motifs is 1. The van der Waals surface area contributed by atoms with Crippen LogP contribution in [0.3, 0.4) is 0 Å². The third-order valence-electron chi connectivity index (χ3n) is 6.24. The summed E-state index contributed by atoms with van der Waals surface area (Å²) in [5.74, 6) is 2.29. The van der Waals surface area contributed by atoms with E-state index in [1.807, 2.05) is 53.4 Å². The molecule has 0 bridgehead atoms. The summed E-state index contributed by atoms with van der Waals surface area (Å²) in [6.45, 7) is 1.68. The number of carbonyl (C=O) groups excluding carboxylic acids is 1. The molecule has 2 aliphatic rings. The average molecular weight is 470 g/mol. The number of likely N-dealkylation sites (tertiary alicyclic amines) is 1. The van der Waals surface area contributed by atoms with E-state index in [9.17, 15) is 4.79 Å². The van der Waals surface area contributed by atoms with Gasteiger partial charge in [-0.2, -0.15) is 4.68 Å². The van der Waals surface area contributed by atoms with Gasteiger partial charge in [-0.1, -0.05) is 36.4 Å². The zero-order valence-corrected chi connectivity index (χ0v) is 18.9. The number of hydrogen-bond acceptors (Lipinski definition) is 7. The number of furan rings is 1. The van der Waals surface area contributed by atoms with Gasteiger partial charge in [0.1, 0.15) is 24.7 Å². The van der Waals surface area contributed by atoms with E-state index in [0.29, 0.717) is 42.8 Å². The molecular formula is C26H23N5O4. The zero-order valence-electron chi connectivity index (χ0n) is 18.9. The van der Waals surface area contributed by atoms with Crippen molar-refractivity contribution in [3.05, 3.63) is 78.3 Å². The standard InChI is InChI=1S/C26H23N5O4/c32-26(30-12-4-9-21(30)19-10-11-23-24(16-19)35-15-14-34-23)22(17-20-8-5-13-33-20)31-25(27-28-29-31)18-6-2-1-3-7-18/h1-3,5-8,10-11,13,16-17,21H,4,9,12,14-15H2/b22-17-. The number of hydrogen-bond donors (Lipinski definition) is 0. The number of aromatic nitrogens is 4. The zero-order chi connectivity index (χ0) is 23.6. The lowest BCUT2D eigenvalue weighted by atomic mass is 10.0. The number of amides is 1. The monoisotopic (exact) mass is 469 g/mol. The van der Waals surface area contributed by atoms with E-state index in [1.54, 1.807) is 24.5 Å². The van der Waals surface area contributed by atoms with E-state index in [-0.39, 0.29) is 11.9 Å². The van der Waals surface area contributed by atoms with Gasteiger partial charge in [-0.15, -0.1) is 5.10 Å². The summed E-state index contributed by atoms with van der Waals surface area (Å²) in [6, 6.07) is 18.9. The van der Waals surface area contributed by atoms with Crippen molar-refractivity contribution in [2.45, 2.75) is 18.9 Å². The smallest absolute Gasteiger partial charge is 0.273 e. The maximum atomic E-state index is 14.1. The molecule has 0 spiro atoms. The van der Waals surface area contributed by atoms with E-state index in [0.717, 1.165) is 29.7 Å². The molecule has 9 nitrogen and oxygen atoms in total. The summed E-state index contributed by atoms with van der Waals surface area (Å²) < 4.78 is 18.5. The van der Waals surface area contributed by atoms with Crippen LogP contribution in [0.1, 0.15) is 30.2 Å². The Hall–Kier alpha value is -4.40. The van der Waals surface area contributed by atoms with E-state index in [1.165, 1.54) is 4.68 Å². The minimum atomic E-state index is -0.178. The van der Waals surface area contributed by atoms with Crippen molar-refractivity contribution < 1.29 is 18.7 Å². The maximum Gasteiger partial charge on any atom is 0.273 e. The van der Waals surface area contributed by atoms with Gasteiger partial charge in [-0.3, -0.25) is 4.79 Å². The topological polar surface area (TPSA) is 95.5 Å². The second-order valence-corrected chi connectivity index (χ2v) is 8.38. The molecule has 1 fully saturated rings. The van der Waals surface area contributed by atoms with Crippen LogP contribution >= 0.6 is 0 Å². The van der Waals surface area contributed by atoms with Gasteiger partial charge in [-0.25, -0.2) is 0 Å². The van der Waals surface area contributed by atoms with E-state index >= 15 is 0 Å². The Bertz CT molecular complexity index is 1360. The molecule has 2 aromatic heterocycles. The molecular weight excluding hydrogens is 446 g/mol. The first-order chi connectivity index (χ1) is 17.3. The SMILES string of the molecule is O=C(/C(=C/c1ccco1)n1nnnc1-c1ccccc1)N1CCCC1c1ccc2c(c1)OCCO2. The second-order valence-electron chi connectivity index (χ2n) is 8.38. The van der Waals surface area contributed by atoms with Gasteiger partial charge in [0.05, 0.1) is 12.3 Å². The summed E-state index contributed by atoms with van der Waals surface area (Å²) in [5.41, 5.74) is 2.13. The summed E-state index contributed by atoms with van der Waals surface area (Å²) in [6.07, 6.45) is 4.99. The number of nitrogens with zero attached hydrogens (tertiary/aromatic N) is 5. The van der Waals surface area contributed by atoms with Crippen molar-refractivity contribution >= 4 is 17.7 Å². The van der Waals surface area contributed by atoms with Gasteiger partial charge in [0, 0.05) is 18.2 Å². The number of tetrazole rings is 1. The van der Waals surface area contributed by atoms with Crippen molar-refractivity contribution in [1.82, 2.24) is 25.1 Å². The van der Waals surface area contributed by atoms with Crippen molar-refractivity contribution in [1.29, 1.82) is 0 Å². The van der Waals surface area contributed by atoms with E-state index in [2.05, 4.69) is 15.5 Å². The lowest BCUT2D eigenvalue weighted by Crippen LogP contribution is -2.33. The molecule has 2 aromatic carbocycles. The minimum Gasteiger partial charge on any atom is -0.486 e. The molecule has 1 atom stereocenters. The van der Waals surface area contributed by atoms with E-state index in [4.69, 9.17) is 13.9 Å². The van der Waals surface area contributed by atoms with Gasteiger partial charge in [0.25, 0.3) is 5.91 Å². The molecule has 1 amide bonds. The Morgan fingerprint density at radius 1 is 1.00 bits per heavy atom. The highest BCUT2D eigenvalue weighted by Gasteiger charge is 2.34. The lowest BCUT2D eigenvalue weighted by molar-refractivity contribution is -0.126. The Morgan fingerprint density at radius 3 is 2.69 bits per heavy atom. The molecule has 4 heterocycles. The Kier molecular flexibility index (Phi) is 5.50. The Balaban J connectivity index is 1.39. The van der Waals surface area contributed by atoms with Crippen LogP contribution in [0.4, 0.5) is 0 Å². The third-order valence-corrected chi connectivity index (χ3v) is 6.24. The average Bonchev–Trinajstić information content (AvgIpc) is 3.69. The molecule has 0 aliphatic carbocycles. The molecule has 1 unspecified atom stereocenters. The summed E-state index contributed by atoms with van der Waals surface area (Å²) >= 11 is 0. The van der Waals surface area contributed by atoms with Gasteiger partial charge < -0.3 is 18.8 Å². The van der Waals surface area contributed by atoms with Crippen LogP contribution in [-0.2, 0) is 4.79 Å². The van der Waals surface area contributed by atoms with Crippen LogP contribution in [0.5, 0.6) is 11.5 Å². The number of rotatable bonds is 5. The highest BCUT2D eigenvalue weighted by molar-refractivity contribution is 6.18. The molecule has 0 radical (unpaired) electrons. The highest BCUT2D eigenvalue weighted by atomic mass is 16.6. The van der Waals surface area contributed by atoms with Crippen LogP contribution in [-0.4, -0.2) is 50.8 Å². The first-order valence-electron chi connectivity index (χ1n) is 11.6. The highest BCUT2D eigenvalue weighted by Crippen LogP contribution is 2.39. The maximum absolute atomic E-state index is 14.1. The molecule has 1 saturated heterocycles. The van der Waals surface area contributed by atoms with Crippen LogP contribution in [0.15, 0.2) is 71.3 Å². The Morgan fingerprint density at radius 2 is 1.86 bits per heavy atom. The summed E-state index contributed by atoms with van der Waals surface area (Å²) in [7, 11) is 0. The summed E-state index contributed by atoms with van der Waals surface area (Å²) in [4.78, 5) is 15.9. The Labute approximate surface area is 201 Å².